The van der Waals surface area contributed by atoms with Gasteiger partial charge >= 0.3 is 0 Å². The average Bonchev–Trinajstić information content (AvgIpc) is 3.20. The van der Waals surface area contributed by atoms with Crippen molar-refractivity contribution in [1.29, 1.82) is 0 Å². The number of amides is 3. The van der Waals surface area contributed by atoms with Gasteiger partial charge in [-0.15, -0.1) is 0 Å². The maximum absolute atomic E-state index is 13.9. The molecule has 0 radical (unpaired) electrons. The molecule has 0 unspecified atom stereocenters. The summed E-state index contributed by atoms with van der Waals surface area (Å²) in [7, 11) is 0. The number of nitrogens with zero attached hydrogens (tertiary/aromatic N) is 3. The van der Waals surface area contributed by atoms with Crippen LogP contribution in [0.1, 0.15) is 33.7 Å². The molecule has 2 saturated heterocycles. The molecule has 38 heavy (non-hydrogen) atoms. The number of hydrogen-bond donors (Lipinski definition) is 0. The Morgan fingerprint density at radius 2 is 1.37 bits per heavy atom. The van der Waals surface area contributed by atoms with E-state index in [1.165, 1.54) is 10.5 Å². The number of halogens is 1. The molecule has 0 aromatic heterocycles. The number of rotatable bonds is 4. The van der Waals surface area contributed by atoms with Crippen LogP contribution in [0.3, 0.4) is 0 Å². The highest BCUT2D eigenvalue weighted by molar-refractivity contribution is 9.09. The fourth-order valence-electron chi connectivity index (χ4n) is 7.13. The van der Waals surface area contributed by atoms with Crippen LogP contribution >= 0.6 is 15.9 Å². The Hall–Kier alpha value is -3.29. The molecule has 0 N–H and O–H groups in total. The van der Waals surface area contributed by atoms with Crippen LogP contribution in [0.15, 0.2) is 78.9 Å². The molecule has 2 fully saturated rings. The maximum Gasteiger partial charge on any atom is 0.242 e. The molecule has 8 rings (SSSR count). The van der Waals surface area contributed by atoms with Crippen molar-refractivity contribution < 1.29 is 14.4 Å². The number of benzene rings is 3. The first kappa shape index (κ1) is 23.8. The predicted molar refractivity (Wildman–Crippen MR) is 146 cm³/mol. The van der Waals surface area contributed by atoms with Crippen LogP contribution in [0.5, 0.6) is 0 Å². The minimum atomic E-state index is -0.785. The van der Waals surface area contributed by atoms with Crippen LogP contribution in [0, 0.1) is 11.8 Å². The molecule has 7 heteroatoms. The molecule has 2 atom stereocenters. The van der Waals surface area contributed by atoms with Gasteiger partial charge in [-0.25, -0.2) is 0 Å². The van der Waals surface area contributed by atoms with Crippen molar-refractivity contribution in [2.24, 2.45) is 11.8 Å². The Morgan fingerprint density at radius 1 is 0.789 bits per heavy atom. The minimum Gasteiger partial charge on any atom is -0.339 e. The molecular formula is C31H28BrN3O3. The Morgan fingerprint density at radius 3 is 2.00 bits per heavy atom. The van der Waals surface area contributed by atoms with Crippen molar-refractivity contribution in [3.63, 3.8) is 0 Å². The van der Waals surface area contributed by atoms with Crippen LogP contribution in [-0.2, 0) is 25.3 Å². The molecule has 2 bridgehead atoms. The summed E-state index contributed by atoms with van der Waals surface area (Å²) in [4.78, 5) is 46.6. The van der Waals surface area contributed by atoms with Gasteiger partial charge in [0.15, 0.2) is 0 Å². The van der Waals surface area contributed by atoms with Crippen LogP contribution in [0.4, 0.5) is 0 Å². The Labute approximate surface area is 230 Å². The smallest absolute Gasteiger partial charge is 0.242 e. The third-order valence-electron chi connectivity index (χ3n) is 8.87. The Kier molecular flexibility index (Phi) is 5.57. The summed E-state index contributed by atoms with van der Waals surface area (Å²) in [6.07, 6.45) is 0. The van der Waals surface area contributed by atoms with Gasteiger partial charge in [-0.05, 0) is 27.8 Å². The van der Waals surface area contributed by atoms with E-state index < -0.39 is 16.2 Å². The zero-order valence-electron chi connectivity index (χ0n) is 20.9. The van der Waals surface area contributed by atoms with E-state index in [9.17, 15) is 14.4 Å². The standard InChI is InChI=1S/C31H28BrN3O3/c32-31-23-12-6-4-10-21(23)26(22-11-5-7-13-24(22)31)27-28(31)30(38)35(29(27)37)19-25(36)34-16-14-33(15-17-34)18-20-8-2-1-3-9-20/h1-13,26-28H,14-19H2/t26?,27-,28+,31?/m0/s1. The highest BCUT2D eigenvalue weighted by Gasteiger charge is 2.67. The zero-order valence-corrected chi connectivity index (χ0v) is 22.5. The van der Waals surface area contributed by atoms with Crippen molar-refractivity contribution in [1.82, 2.24) is 14.7 Å². The first-order chi connectivity index (χ1) is 18.5. The van der Waals surface area contributed by atoms with E-state index in [2.05, 4.69) is 57.2 Å². The van der Waals surface area contributed by atoms with Crippen molar-refractivity contribution in [2.75, 3.05) is 32.7 Å². The van der Waals surface area contributed by atoms with Crippen LogP contribution in [-0.4, -0.2) is 65.1 Å². The van der Waals surface area contributed by atoms with Gasteiger partial charge in [-0.3, -0.25) is 24.2 Å². The second-order valence-corrected chi connectivity index (χ2v) is 12.0. The van der Waals surface area contributed by atoms with E-state index in [0.717, 1.165) is 41.9 Å². The fourth-order valence-corrected chi connectivity index (χ4v) is 8.33. The van der Waals surface area contributed by atoms with Crippen LogP contribution < -0.4 is 0 Å². The summed E-state index contributed by atoms with van der Waals surface area (Å²) in [5, 5.41) is 0. The lowest BCUT2D eigenvalue weighted by molar-refractivity contribution is -0.147. The largest absolute Gasteiger partial charge is 0.339 e. The SMILES string of the molecule is O=C(CN1C(=O)[C@H]2C3c4ccccc4C(Br)(c4ccccc43)[C@H]2C1=O)N1CCN(Cc2ccccc2)CC1. The van der Waals surface area contributed by atoms with Crippen molar-refractivity contribution in [3.05, 3.63) is 107 Å². The molecule has 192 valence electrons. The van der Waals surface area contributed by atoms with Gasteiger partial charge < -0.3 is 4.90 Å². The molecule has 0 spiro atoms. The highest BCUT2D eigenvalue weighted by atomic mass is 79.9. The van der Waals surface area contributed by atoms with Crippen molar-refractivity contribution in [2.45, 2.75) is 16.8 Å². The first-order valence-corrected chi connectivity index (χ1v) is 14.0. The predicted octanol–water partition coefficient (Wildman–Crippen LogP) is 3.73. The molecule has 2 aliphatic heterocycles. The third kappa shape index (κ3) is 3.38. The summed E-state index contributed by atoms with van der Waals surface area (Å²) >= 11 is 4.01. The van der Waals surface area contributed by atoms with E-state index in [1.54, 1.807) is 4.90 Å². The molecule has 3 amide bonds. The molecule has 3 aliphatic carbocycles. The average molecular weight is 570 g/mol. The first-order valence-electron chi connectivity index (χ1n) is 13.3. The molecule has 3 aromatic rings. The molecule has 0 saturated carbocycles. The highest BCUT2D eigenvalue weighted by Crippen LogP contribution is 2.66. The van der Waals surface area contributed by atoms with E-state index >= 15 is 0 Å². The number of likely N-dealkylation sites (tertiary alicyclic amines) is 1. The minimum absolute atomic E-state index is 0.157. The number of hydrogen-bond acceptors (Lipinski definition) is 4. The summed E-state index contributed by atoms with van der Waals surface area (Å²) in [5.41, 5.74) is 5.53. The summed E-state index contributed by atoms with van der Waals surface area (Å²) in [6, 6.07) is 26.5. The van der Waals surface area contributed by atoms with Gasteiger partial charge in [0.25, 0.3) is 0 Å². The number of alkyl halides is 1. The maximum atomic E-state index is 13.9. The molecule has 6 nitrogen and oxygen atoms in total. The van der Waals surface area contributed by atoms with E-state index in [0.29, 0.717) is 13.1 Å². The number of imide groups is 1. The van der Waals surface area contributed by atoms with Gasteiger partial charge in [0.1, 0.15) is 6.54 Å². The van der Waals surface area contributed by atoms with Crippen molar-refractivity contribution >= 4 is 33.7 Å². The number of piperazine rings is 1. The molecule has 5 aliphatic rings. The molecular weight excluding hydrogens is 542 g/mol. The van der Waals surface area contributed by atoms with Gasteiger partial charge in [0.05, 0.1) is 16.2 Å². The Bertz CT molecular complexity index is 1400. The van der Waals surface area contributed by atoms with Crippen molar-refractivity contribution in [3.8, 4) is 0 Å². The summed E-state index contributed by atoms with van der Waals surface area (Å²) in [6.45, 7) is 3.39. The summed E-state index contributed by atoms with van der Waals surface area (Å²) < 4.78 is -0.785. The second kappa shape index (κ2) is 8.89. The lowest BCUT2D eigenvalue weighted by Crippen LogP contribution is -2.51. The normalized spacial score (nSPS) is 27.8. The van der Waals surface area contributed by atoms with E-state index in [4.69, 9.17) is 0 Å². The number of carbonyl (C=O) groups excluding carboxylic acids is 3. The van der Waals surface area contributed by atoms with Crippen LogP contribution in [0.2, 0.25) is 0 Å². The van der Waals surface area contributed by atoms with Crippen LogP contribution in [0.25, 0.3) is 0 Å². The van der Waals surface area contributed by atoms with E-state index in [-0.39, 0.29) is 30.2 Å². The zero-order chi connectivity index (χ0) is 26.0. The van der Waals surface area contributed by atoms with Gasteiger partial charge in [0, 0.05) is 38.6 Å². The number of carbonyl (C=O) groups is 3. The fraction of sp³-hybridized carbons (Fsp3) is 0.323. The van der Waals surface area contributed by atoms with E-state index in [1.807, 2.05) is 42.5 Å². The monoisotopic (exact) mass is 569 g/mol. The molecule has 3 aromatic carbocycles. The lowest BCUT2D eigenvalue weighted by Gasteiger charge is -2.51. The van der Waals surface area contributed by atoms with Gasteiger partial charge in [0.2, 0.25) is 17.7 Å². The van der Waals surface area contributed by atoms with Gasteiger partial charge in [-0.1, -0.05) is 94.8 Å². The topological polar surface area (TPSA) is 60.9 Å². The quantitative estimate of drug-likeness (QED) is 0.355. The molecule has 2 heterocycles. The van der Waals surface area contributed by atoms with Gasteiger partial charge in [-0.2, -0.15) is 0 Å². The third-order valence-corrected chi connectivity index (χ3v) is 10.2. The summed E-state index contributed by atoms with van der Waals surface area (Å²) in [5.74, 6) is -1.90. The second-order valence-electron chi connectivity index (χ2n) is 10.8. The Balaban J connectivity index is 1.11. The lowest BCUT2D eigenvalue weighted by atomic mass is 9.55.